The van der Waals surface area contributed by atoms with Crippen LogP contribution in [-0.2, 0) is 6.18 Å². The lowest BCUT2D eigenvalue weighted by molar-refractivity contribution is -0.137. The van der Waals surface area contributed by atoms with Crippen LogP contribution in [0.1, 0.15) is 18.4 Å². The molecule has 0 spiro atoms. The van der Waals surface area contributed by atoms with E-state index in [0.29, 0.717) is 11.7 Å². The molecule has 1 aromatic heterocycles. The predicted octanol–water partition coefficient (Wildman–Crippen LogP) is 4.37. The molecule has 0 radical (unpaired) electrons. The molecule has 0 unspecified atom stereocenters. The Morgan fingerprint density at radius 2 is 2.00 bits per heavy atom. The number of rotatable bonds is 2. The fourth-order valence-corrected chi connectivity index (χ4v) is 3.05. The molecule has 0 aromatic carbocycles. The summed E-state index contributed by atoms with van der Waals surface area (Å²) in [6.07, 6.45) is -1.58. The molecule has 0 bridgehead atoms. The number of aromatic nitrogens is 1. The van der Waals surface area contributed by atoms with Gasteiger partial charge in [-0.25, -0.2) is 4.98 Å². The molecule has 0 saturated carbocycles. The molecule has 1 fully saturated rings. The number of hydrogen-bond donors (Lipinski definition) is 0. The molecule has 2 rings (SSSR count). The second-order valence-corrected chi connectivity index (χ2v) is 5.67. The van der Waals surface area contributed by atoms with Gasteiger partial charge in [-0.15, -0.1) is 0 Å². The number of halogens is 5. The van der Waals surface area contributed by atoms with Crippen LogP contribution in [0.5, 0.6) is 0 Å². The fourth-order valence-electron chi connectivity index (χ4n) is 2.12. The van der Waals surface area contributed by atoms with Crippen LogP contribution >= 0.6 is 27.5 Å². The van der Waals surface area contributed by atoms with E-state index in [-0.39, 0.29) is 5.02 Å². The summed E-state index contributed by atoms with van der Waals surface area (Å²) in [5.74, 6) is 1.06. The van der Waals surface area contributed by atoms with Gasteiger partial charge in [0, 0.05) is 24.6 Å². The van der Waals surface area contributed by atoms with Gasteiger partial charge >= 0.3 is 6.18 Å². The summed E-state index contributed by atoms with van der Waals surface area (Å²) < 4.78 is 37.6. The van der Waals surface area contributed by atoms with E-state index in [1.54, 1.807) is 0 Å². The van der Waals surface area contributed by atoms with Crippen molar-refractivity contribution in [2.75, 3.05) is 23.3 Å². The van der Waals surface area contributed by atoms with E-state index in [4.69, 9.17) is 11.6 Å². The van der Waals surface area contributed by atoms with Gasteiger partial charge in [0.1, 0.15) is 5.82 Å². The normalized spacial score (nSPS) is 17.8. The number of anilines is 1. The van der Waals surface area contributed by atoms with Gasteiger partial charge in [0.2, 0.25) is 0 Å². The summed E-state index contributed by atoms with van der Waals surface area (Å²) >= 11 is 9.37. The molecule has 0 amide bonds. The quantitative estimate of drug-likeness (QED) is 0.731. The van der Waals surface area contributed by atoms with E-state index in [2.05, 4.69) is 20.9 Å². The minimum atomic E-state index is -4.40. The summed E-state index contributed by atoms with van der Waals surface area (Å²) in [5, 5.41) is 1.02. The number of hydrogen-bond acceptors (Lipinski definition) is 2. The number of pyridine rings is 1. The highest BCUT2D eigenvalue weighted by Crippen LogP contribution is 2.34. The molecule has 7 heteroatoms. The second-order valence-electron chi connectivity index (χ2n) is 4.61. The Balaban J connectivity index is 2.14. The van der Waals surface area contributed by atoms with Crippen LogP contribution in [-0.4, -0.2) is 23.4 Å². The van der Waals surface area contributed by atoms with Crippen molar-refractivity contribution in [1.29, 1.82) is 0 Å². The molecular formula is C12H13BrClF3N2. The number of piperidine rings is 1. The first-order valence-corrected chi connectivity index (χ1v) is 7.45. The summed E-state index contributed by atoms with van der Waals surface area (Å²) in [7, 11) is 0. The molecule has 0 N–H and O–H groups in total. The minimum absolute atomic E-state index is 0.0621. The molecule has 19 heavy (non-hydrogen) atoms. The maximum atomic E-state index is 12.5. The number of alkyl halides is 4. The molecule has 1 aromatic rings. The third-order valence-corrected chi connectivity index (χ3v) is 4.48. The van der Waals surface area contributed by atoms with E-state index >= 15 is 0 Å². The lowest BCUT2D eigenvalue weighted by Gasteiger charge is -2.32. The molecule has 1 saturated heterocycles. The van der Waals surface area contributed by atoms with Gasteiger partial charge in [0.25, 0.3) is 0 Å². The van der Waals surface area contributed by atoms with Crippen molar-refractivity contribution in [2.24, 2.45) is 5.92 Å². The summed E-state index contributed by atoms with van der Waals surface area (Å²) in [6.45, 7) is 1.54. The van der Waals surface area contributed by atoms with E-state index in [9.17, 15) is 13.2 Å². The molecular weight excluding hydrogens is 344 g/mol. The smallest absolute Gasteiger partial charge is 0.355 e. The van der Waals surface area contributed by atoms with Crippen molar-refractivity contribution < 1.29 is 13.2 Å². The third kappa shape index (κ3) is 3.54. The van der Waals surface area contributed by atoms with E-state index < -0.39 is 11.7 Å². The Morgan fingerprint density at radius 1 is 1.37 bits per heavy atom. The Bertz CT molecular complexity index is 445. The zero-order chi connectivity index (χ0) is 14.0. The van der Waals surface area contributed by atoms with Gasteiger partial charge in [0.15, 0.2) is 0 Å². The van der Waals surface area contributed by atoms with E-state index in [1.165, 1.54) is 0 Å². The van der Waals surface area contributed by atoms with Crippen LogP contribution in [0.15, 0.2) is 12.3 Å². The first-order chi connectivity index (χ1) is 8.91. The molecule has 2 heterocycles. The van der Waals surface area contributed by atoms with Crippen LogP contribution in [0, 0.1) is 5.92 Å². The van der Waals surface area contributed by atoms with Gasteiger partial charge in [-0.2, -0.15) is 13.2 Å². The zero-order valence-electron chi connectivity index (χ0n) is 10.1. The van der Waals surface area contributed by atoms with Crippen LogP contribution in [0.3, 0.4) is 0 Å². The van der Waals surface area contributed by atoms with Gasteiger partial charge in [-0.3, -0.25) is 0 Å². The van der Waals surface area contributed by atoms with Gasteiger partial charge < -0.3 is 4.90 Å². The SMILES string of the molecule is FC(F)(F)c1cnc(N2CCC(CBr)CC2)c(Cl)c1. The van der Waals surface area contributed by atoms with Crippen molar-refractivity contribution in [2.45, 2.75) is 19.0 Å². The van der Waals surface area contributed by atoms with Crippen LogP contribution < -0.4 is 4.90 Å². The first kappa shape index (κ1) is 14.9. The zero-order valence-corrected chi connectivity index (χ0v) is 12.4. The maximum Gasteiger partial charge on any atom is 0.417 e. The second kappa shape index (κ2) is 5.87. The summed E-state index contributed by atoms with van der Waals surface area (Å²) in [4.78, 5) is 5.83. The van der Waals surface area contributed by atoms with Crippen molar-refractivity contribution >= 4 is 33.3 Å². The molecule has 1 aliphatic heterocycles. The maximum absolute atomic E-state index is 12.5. The van der Waals surface area contributed by atoms with Gasteiger partial charge in [-0.05, 0) is 24.8 Å². The van der Waals surface area contributed by atoms with Crippen molar-refractivity contribution in [1.82, 2.24) is 4.98 Å². The molecule has 0 aliphatic carbocycles. The topological polar surface area (TPSA) is 16.1 Å². The predicted molar refractivity (Wildman–Crippen MR) is 73.0 cm³/mol. The van der Waals surface area contributed by atoms with Gasteiger partial charge in [0.05, 0.1) is 10.6 Å². The molecule has 1 aliphatic rings. The van der Waals surface area contributed by atoms with Crippen LogP contribution in [0.25, 0.3) is 0 Å². The Labute approximate surface area is 123 Å². The number of nitrogens with zero attached hydrogens (tertiary/aromatic N) is 2. The lowest BCUT2D eigenvalue weighted by Crippen LogP contribution is -2.35. The summed E-state index contributed by atoms with van der Waals surface area (Å²) in [6, 6.07) is 0.945. The Morgan fingerprint density at radius 3 is 2.47 bits per heavy atom. The minimum Gasteiger partial charge on any atom is -0.355 e. The fraction of sp³-hybridized carbons (Fsp3) is 0.583. The third-order valence-electron chi connectivity index (χ3n) is 3.28. The average Bonchev–Trinajstić information content (AvgIpc) is 2.38. The van der Waals surface area contributed by atoms with Gasteiger partial charge in [-0.1, -0.05) is 27.5 Å². The molecule has 0 atom stereocenters. The van der Waals surface area contributed by atoms with Crippen molar-refractivity contribution in [3.05, 3.63) is 22.8 Å². The highest BCUT2D eigenvalue weighted by Gasteiger charge is 2.32. The standard InChI is InChI=1S/C12H13BrClF3N2/c13-6-8-1-3-19(4-2-8)11-10(14)5-9(7-18-11)12(15,16)17/h5,7-8H,1-4,6H2. The highest BCUT2D eigenvalue weighted by molar-refractivity contribution is 9.09. The Kier molecular flexibility index (Phi) is 4.61. The van der Waals surface area contributed by atoms with E-state index in [1.807, 2.05) is 4.90 Å². The molecule has 2 nitrogen and oxygen atoms in total. The van der Waals surface area contributed by atoms with E-state index in [0.717, 1.165) is 43.5 Å². The monoisotopic (exact) mass is 356 g/mol. The molecule has 106 valence electrons. The first-order valence-electron chi connectivity index (χ1n) is 5.95. The summed E-state index contributed by atoms with van der Waals surface area (Å²) in [5.41, 5.74) is -0.809. The van der Waals surface area contributed by atoms with Crippen LogP contribution in [0.2, 0.25) is 5.02 Å². The van der Waals surface area contributed by atoms with Crippen LogP contribution in [0.4, 0.5) is 19.0 Å². The largest absolute Gasteiger partial charge is 0.417 e. The van der Waals surface area contributed by atoms with Crippen molar-refractivity contribution in [3.63, 3.8) is 0 Å². The Hall–Kier alpha value is -0.490. The highest BCUT2D eigenvalue weighted by atomic mass is 79.9. The van der Waals surface area contributed by atoms with Crippen molar-refractivity contribution in [3.8, 4) is 0 Å². The lowest BCUT2D eigenvalue weighted by atomic mass is 9.99. The average molecular weight is 358 g/mol.